The molecule has 4 rings (SSSR count). The Morgan fingerprint density at radius 2 is 2.03 bits per heavy atom. The minimum atomic E-state index is -0.465. The number of hydrogen-bond donors (Lipinski definition) is 0. The quantitative estimate of drug-likeness (QED) is 0.618. The number of rotatable bonds is 7. The first-order valence-electron chi connectivity index (χ1n) is 11.3. The summed E-state index contributed by atoms with van der Waals surface area (Å²) in [6, 6.07) is 5.37. The number of anilines is 1. The predicted molar refractivity (Wildman–Crippen MR) is 122 cm³/mol. The van der Waals surface area contributed by atoms with Gasteiger partial charge in [-0.2, -0.15) is 0 Å². The van der Waals surface area contributed by atoms with Gasteiger partial charge in [-0.25, -0.2) is 4.39 Å². The van der Waals surface area contributed by atoms with Crippen LogP contribution in [0.1, 0.15) is 54.0 Å². The fraction of sp³-hybridized carbons (Fsp3) is 0.440. The number of allylic oxidation sites excluding steroid dienone is 1. The van der Waals surface area contributed by atoms with Gasteiger partial charge in [0, 0.05) is 45.2 Å². The van der Waals surface area contributed by atoms with Crippen molar-refractivity contribution in [3.8, 4) is 0 Å². The molecule has 168 valence electrons. The van der Waals surface area contributed by atoms with Crippen LogP contribution in [-0.2, 0) is 17.8 Å². The highest BCUT2D eigenvalue weighted by atomic mass is 19.1. The molecule has 1 saturated heterocycles. The molecular weight excluding hydrogens is 407 g/mol. The van der Waals surface area contributed by atoms with E-state index in [-0.39, 0.29) is 17.6 Å². The van der Waals surface area contributed by atoms with Crippen LogP contribution < -0.4 is 4.90 Å². The molecule has 0 unspecified atom stereocenters. The molecule has 1 aliphatic carbocycles. The molecule has 2 aromatic rings. The molecular formula is C25H29FN4O2. The van der Waals surface area contributed by atoms with Gasteiger partial charge in [-0.15, -0.1) is 0 Å². The van der Waals surface area contributed by atoms with E-state index in [4.69, 9.17) is 0 Å². The third-order valence-electron chi connectivity index (χ3n) is 6.30. The molecule has 2 aromatic heterocycles. The Balaban J connectivity index is 1.43. The molecule has 32 heavy (non-hydrogen) atoms. The van der Waals surface area contributed by atoms with Crippen molar-refractivity contribution in [1.82, 2.24) is 14.9 Å². The lowest BCUT2D eigenvalue weighted by atomic mass is 9.92. The molecule has 3 heterocycles. The number of Topliss-reactive ketones (excluding diaryl/α,β-unsaturated/α-hetero) is 2. The maximum atomic E-state index is 13.9. The van der Waals surface area contributed by atoms with Gasteiger partial charge in [-0.3, -0.25) is 24.5 Å². The van der Waals surface area contributed by atoms with Crippen LogP contribution in [0.3, 0.4) is 0 Å². The molecule has 0 radical (unpaired) electrons. The van der Waals surface area contributed by atoms with Crippen molar-refractivity contribution < 1.29 is 14.0 Å². The third kappa shape index (κ3) is 4.63. The van der Waals surface area contributed by atoms with Crippen LogP contribution in [0.2, 0.25) is 0 Å². The first-order valence-corrected chi connectivity index (χ1v) is 11.3. The summed E-state index contributed by atoms with van der Waals surface area (Å²) in [6.45, 7) is 6.05. The number of fused-ring (bicyclic) bond motifs is 1. The summed E-state index contributed by atoms with van der Waals surface area (Å²) < 4.78 is 13.9. The van der Waals surface area contributed by atoms with Crippen LogP contribution in [0.15, 0.2) is 36.2 Å². The minimum Gasteiger partial charge on any atom is -0.362 e. The van der Waals surface area contributed by atoms with Crippen molar-refractivity contribution in [3.05, 3.63) is 58.7 Å². The van der Waals surface area contributed by atoms with Crippen LogP contribution in [0, 0.1) is 0 Å². The van der Waals surface area contributed by atoms with E-state index in [1.54, 1.807) is 12.3 Å². The fourth-order valence-corrected chi connectivity index (χ4v) is 4.46. The monoisotopic (exact) mass is 436 g/mol. The Kier molecular flexibility index (Phi) is 6.74. The number of hydrogen-bond acceptors (Lipinski definition) is 6. The van der Waals surface area contributed by atoms with Gasteiger partial charge in [0.25, 0.3) is 0 Å². The number of carbonyl (C=O) groups is 2. The molecule has 0 aromatic carbocycles. The van der Waals surface area contributed by atoms with Crippen LogP contribution in [0.25, 0.3) is 6.08 Å². The van der Waals surface area contributed by atoms with Crippen LogP contribution in [0.5, 0.6) is 0 Å². The molecule has 0 saturated carbocycles. The summed E-state index contributed by atoms with van der Waals surface area (Å²) in [5.74, 6) is 0.176. The van der Waals surface area contributed by atoms with Crippen molar-refractivity contribution in [2.45, 2.75) is 45.7 Å². The molecule has 1 fully saturated rings. The lowest BCUT2D eigenvalue weighted by Gasteiger charge is -2.41. The Bertz CT molecular complexity index is 1030. The highest BCUT2D eigenvalue weighted by Gasteiger charge is 2.28. The van der Waals surface area contributed by atoms with E-state index in [1.807, 2.05) is 37.1 Å². The standard InChI is InChI=1S/C25H29FN4O2/c1-3-18-10-23-19(11-25(18)32)9-17(13-27-23)15-29-7-8-30(21(12-26)16-29)20-5-6-22(28-14-20)24(31)4-2/h5-6,9-10,13-14,21H,3-4,7-8,11-12,15-16H2,1-2H3/t21-/m1/s1. The second-order valence-electron chi connectivity index (χ2n) is 8.43. The van der Waals surface area contributed by atoms with Crippen LogP contribution >= 0.6 is 0 Å². The number of alkyl halides is 1. The number of carbonyl (C=O) groups excluding carboxylic acids is 2. The van der Waals surface area contributed by atoms with Crippen molar-refractivity contribution in [1.29, 1.82) is 0 Å². The van der Waals surface area contributed by atoms with Gasteiger partial charge in [0.1, 0.15) is 12.4 Å². The number of ketones is 2. The molecule has 0 amide bonds. The Morgan fingerprint density at radius 3 is 2.72 bits per heavy atom. The Labute approximate surface area is 188 Å². The van der Waals surface area contributed by atoms with Gasteiger partial charge in [-0.1, -0.05) is 19.9 Å². The zero-order chi connectivity index (χ0) is 22.7. The van der Waals surface area contributed by atoms with E-state index in [0.29, 0.717) is 38.2 Å². The lowest BCUT2D eigenvalue weighted by Crippen LogP contribution is -2.54. The molecule has 0 N–H and O–H groups in total. The SMILES string of the molecule is CCC(=O)c1ccc(N2CCN(Cc3cnc4c(c3)CC(=O)C(CC)=C4)C[C@H]2CF)cn1. The average molecular weight is 437 g/mol. The van der Waals surface area contributed by atoms with Gasteiger partial charge < -0.3 is 4.90 Å². The topological polar surface area (TPSA) is 66.4 Å². The van der Waals surface area contributed by atoms with Gasteiger partial charge in [0.2, 0.25) is 0 Å². The summed E-state index contributed by atoms with van der Waals surface area (Å²) in [6.07, 6.45) is 6.98. The van der Waals surface area contributed by atoms with Gasteiger partial charge in [-0.05, 0) is 41.3 Å². The van der Waals surface area contributed by atoms with E-state index < -0.39 is 6.67 Å². The molecule has 0 bridgehead atoms. The molecule has 1 aliphatic heterocycles. The number of aromatic nitrogens is 2. The number of pyridine rings is 2. The average Bonchev–Trinajstić information content (AvgIpc) is 2.83. The highest BCUT2D eigenvalue weighted by Crippen LogP contribution is 2.25. The van der Waals surface area contributed by atoms with Gasteiger partial charge in [0.15, 0.2) is 11.6 Å². The van der Waals surface area contributed by atoms with E-state index in [0.717, 1.165) is 41.0 Å². The largest absolute Gasteiger partial charge is 0.362 e. The van der Waals surface area contributed by atoms with E-state index in [2.05, 4.69) is 20.9 Å². The maximum absolute atomic E-state index is 13.9. The highest BCUT2D eigenvalue weighted by molar-refractivity contribution is 6.03. The second kappa shape index (κ2) is 9.69. The zero-order valence-corrected chi connectivity index (χ0v) is 18.7. The summed E-state index contributed by atoms with van der Waals surface area (Å²) in [4.78, 5) is 37.2. The number of nitrogens with zero attached hydrogens (tertiary/aromatic N) is 4. The van der Waals surface area contributed by atoms with E-state index in [1.165, 1.54) is 0 Å². The summed E-state index contributed by atoms with van der Waals surface area (Å²) >= 11 is 0. The van der Waals surface area contributed by atoms with E-state index >= 15 is 0 Å². The van der Waals surface area contributed by atoms with Crippen molar-refractivity contribution in [2.24, 2.45) is 0 Å². The molecule has 6 nitrogen and oxygen atoms in total. The van der Waals surface area contributed by atoms with Crippen molar-refractivity contribution >= 4 is 23.3 Å². The van der Waals surface area contributed by atoms with Crippen LogP contribution in [-0.4, -0.2) is 58.8 Å². The minimum absolute atomic E-state index is 0.00479. The van der Waals surface area contributed by atoms with Crippen molar-refractivity contribution in [2.75, 3.05) is 31.2 Å². The summed E-state index contributed by atoms with van der Waals surface area (Å²) in [5.41, 5.74) is 5.02. The third-order valence-corrected chi connectivity index (χ3v) is 6.30. The first kappa shape index (κ1) is 22.3. The molecule has 7 heteroatoms. The molecule has 1 atom stereocenters. The smallest absolute Gasteiger partial charge is 0.180 e. The second-order valence-corrected chi connectivity index (χ2v) is 8.43. The van der Waals surface area contributed by atoms with Crippen LogP contribution in [0.4, 0.5) is 10.1 Å². The van der Waals surface area contributed by atoms with Gasteiger partial charge in [0.05, 0.1) is 23.6 Å². The summed E-state index contributed by atoms with van der Waals surface area (Å²) in [7, 11) is 0. The lowest BCUT2D eigenvalue weighted by molar-refractivity contribution is -0.115. The zero-order valence-electron chi connectivity index (χ0n) is 18.7. The van der Waals surface area contributed by atoms with Gasteiger partial charge >= 0.3 is 0 Å². The number of halogens is 1. The number of piperazine rings is 1. The van der Waals surface area contributed by atoms with Crippen molar-refractivity contribution in [3.63, 3.8) is 0 Å². The Morgan fingerprint density at radius 1 is 1.19 bits per heavy atom. The molecule has 2 aliphatic rings. The normalized spacial score (nSPS) is 19.0. The predicted octanol–water partition coefficient (Wildman–Crippen LogP) is 3.65. The Hall–Kier alpha value is -2.93. The van der Waals surface area contributed by atoms with E-state index in [9.17, 15) is 14.0 Å². The fourth-order valence-electron chi connectivity index (χ4n) is 4.46. The summed E-state index contributed by atoms with van der Waals surface area (Å²) in [5, 5.41) is 0. The maximum Gasteiger partial charge on any atom is 0.180 e. The first-order chi connectivity index (χ1) is 15.5. The molecule has 0 spiro atoms.